The first-order chi connectivity index (χ1) is 11.4. The normalized spacial score (nSPS) is 11.7. The van der Waals surface area contributed by atoms with Gasteiger partial charge in [0.2, 0.25) is 6.71 Å². The summed E-state index contributed by atoms with van der Waals surface area (Å²) in [5.41, 5.74) is 6.72. The largest absolute Gasteiger partial charge is 0.242 e. The average molecular weight is 296 g/mol. The van der Waals surface area contributed by atoms with E-state index in [2.05, 4.69) is 91.0 Å². The molecule has 0 spiro atoms. The van der Waals surface area contributed by atoms with Crippen LogP contribution in [-0.4, -0.2) is 6.71 Å². The standard InChI is InChI=1S/C20H15B.C2H6/c1-2-10-18(11-3-1)21-19-12-6-4-8-16(19)14-15-17-9-5-7-13-20(17)21;1-2/h1-15H;1-2H3. The molecule has 0 aliphatic carbocycles. The molecule has 4 rings (SSSR count). The molecule has 3 aromatic rings. The maximum atomic E-state index is 2.25. The van der Waals surface area contributed by atoms with Gasteiger partial charge < -0.3 is 0 Å². The van der Waals surface area contributed by atoms with Gasteiger partial charge in [-0.25, -0.2) is 0 Å². The third kappa shape index (κ3) is 3.00. The van der Waals surface area contributed by atoms with Crippen molar-refractivity contribution in [3.05, 3.63) is 90.0 Å². The second-order valence-electron chi connectivity index (χ2n) is 5.43. The van der Waals surface area contributed by atoms with Crippen LogP contribution < -0.4 is 16.4 Å². The summed E-state index contributed by atoms with van der Waals surface area (Å²) in [5.74, 6) is 0. The molecule has 0 aromatic heterocycles. The van der Waals surface area contributed by atoms with Crippen LogP contribution in [0.2, 0.25) is 0 Å². The van der Waals surface area contributed by atoms with Crippen molar-refractivity contribution in [1.82, 2.24) is 0 Å². The molecule has 0 amide bonds. The van der Waals surface area contributed by atoms with Crippen LogP contribution in [0.3, 0.4) is 0 Å². The van der Waals surface area contributed by atoms with E-state index in [4.69, 9.17) is 0 Å². The van der Waals surface area contributed by atoms with E-state index in [0.717, 1.165) is 0 Å². The molecule has 0 unspecified atom stereocenters. The maximum absolute atomic E-state index is 2.25. The third-order valence-corrected chi connectivity index (χ3v) is 4.19. The Morgan fingerprint density at radius 2 is 0.957 bits per heavy atom. The summed E-state index contributed by atoms with van der Waals surface area (Å²) in [7, 11) is 0. The molecule has 0 saturated carbocycles. The van der Waals surface area contributed by atoms with Crippen molar-refractivity contribution in [3.63, 3.8) is 0 Å². The van der Waals surface area contributed by atoms with Gasteiger partial charge in [-0.2, -0.15) is 0 Å². The van der Waals surface area contributed by atoms with Gasteiger partial charge in [-0.3, -0.25) is 0 Å². The second-order valence-corrected chi connectivity index (χ2v) is 5.43. The van der Waals surface area contributed by atoms with Gasteiger partial charge in [0, 0.05) is 0 Å². The quantitative estimate of drug-likeness (QED) is 0.470. The van der Waals surface area contributed by atoms with Crippen molar-refractivity contribution in [2.75, 3.05) is 0 Å². The lowest BCUT2D eigenvalue weighted by Gasteiger charge is -2.17. The molecule has 1 aliphatic heterocycles. The summed E-state index contributed by atoms with van der Waals surface area (Å²) < 4.78 is 0. The summed E-state index contributed by atoms with van der Waals surface area (Å²) in [5, 5.41) is 0. The number of hydrogen-bond donors (Lipinski definition) is 0. The molecule has 0 bridgehead atoms. The maximum Gasteiger partial charge on any atom is 0.242 e. The topological polar surface area (TPSA) is 0 Å². The fourth-order valence-electron chi connectivity index (χ4n) is 3.20. The molecule has 0 atom stereocenters. The van der Waals surface area contributed by atoms with Crippen LogP contribution in [0.5, 0.6) is 0 Å². The Kier molecular flexibility index (Phi) is 4.78. The summed E-state index contributed by atoms with van der Waals surface area (Å²) in [6.07, 6.45) is 4.47. The molecule has 23 heavy (non-hydrogen) atoms. The SMILES string of the molecule is C1=Cc2ccccc2B(c2ccccc2)c2ccccc21.CC. The zero-order chi connectivity index (χ0) is 16.1. The molecule has 0 N–H and O–H groups in total. The van der Waals surface area contributed by atoms with Gasteiger partial charge in [0.25, 0.3) is 0 Å². The molecule has 0 saturated heterocycles. The lowest BCUT2D eigenvalue weighted by Crippen LogP contribution is -2.53. The van der Waals surface area contributed by atoms with Crippen LogP contribution in [0.1, 0.15) is 25.0 Å². The van der Waals surface area contributed by atoms with Crippen molar-refractivity contribution in [2.45, 2.75) is 13.8 Å². The number of rotatable bonds is 1. The Bertz CT molecular complexity index is 753. The van der Waals surface area contributed by atoms with E-state index in [0.29, 0.717) is 6.71 Å². The summed E-state index contributed by atoms with van der Waals surface area (Å²) >= 11 is 0. The highest BCUT2D eigenvalue weighted by Gasteiger charge is 2.26. The highest BCUT2D eigenvalue weighted by Crippen LogP contribution is 2.12. The first kappa shape index (κ1) is 15.4. The van der Waals surface area contributed by atoms with Crippen molar-refractivity contribution < 1.29 is 0 Å². The highest BCUT2D eigenvalue weighted by atomic mass is 14.1. The van der Waals surface area contributed by atoms with Gasteiger partial charge in [-0.05, 0) is 11.1 Å². The molecular weight excluding hydrogens is 275 g/mol. The molecule has 3 aromatic carbocycles. The van der Waals surface area contributed by atoms with E-state index in [1.54, 1.807) is 0 Å². The van der Waals surface area contributed by atoms with Crippen LogP contribution in [0, 0.1) is 0 Å². The number of fused-ring (bicyclic) bond motifs is 2. The summed E-state index contributed by atoms with van der Waals surface area (Å²) in [6, 6.07) is 28.2. The van der Waals surface area contributed by atoms with Crippen molar-refractivity contribution >= 4 is 35.3 Å². The third-order valence-electron chi connectivity index (χ3n) is 4.19. The Morgan fingerprint density at radius 3 is 1.48 bits per heavy atom. The van der Waals surface area contributed by atoms with Gasteiger partial charge in [-0.1, -0.05) is 121 Å². The fraction of sp³-hybridized carbons (Fsp3) is 0.0909. The molecule has 1 heteroatoms. The molecule has 0 radical (unpaired) electrons. The van der Waals surface area contributed by atoms with Crippen LogP contribution in [0.4, 0.5) is 0 Å². The number of hydrogen-bond acceptors (Lipinski definition) is 0. The first-order valence-corrected chi connectivity index (χ1v) is 8.34. The van der Waals surface area contributed by atoms with Gasteiger partial charge >= 0.3 is 0 Å². The molecule has 1 aliphatic rings. The Morgan fingerprint density at radius 1 is 0.522 bits per heavy atom. The van der Waals surface area contributed by atoms with E-state index in [1.807, 2.05) is 13.8 Å². The molecule has 112 valence electrons. The van der Waals surface area contributed by atoms with Gasteiger partial charge in [-0.15, -0.1) is 0 Å². The monoisotopic (exact) mass is 296 g/mol. The molecular formula is C22H21B. The average Bonchev–Trinajstić information content (AvgIpc) is 2.81. The Balaban J connectivity index is 0.000000753. The van der Waals surface area contributed by atoms with Crippen LogP contribution in [0.15, 0.2) is 78.9 Å². The molecule has 0 nitrogen and oxygen atoms in total. The Hall–Kier alpha value is -2.54. The summed E-state index contributed by atoms with van der Waals surface area (Å²) in [6.45, 7) is 4.30. The lowest BCUT2D eigenvalue weighted by atomic mass is 9.36. The van der Waals surface area contributed by atoms with Crippen molar-refractivity contribution in [1.29, 1.82) is 0 Å². The Labute approximate surface area is 139 Å². The van der Waals surface area contributed by atoms with E-state index < -0.39 is 0 Å². The van der Waals surface area contributed by atoms with Gasteiger partial charge in [0.15, 0.2) is 0 Å². The van der Waals surface area contributed by atoms with E-state index in [9.17, 15) is 0 Å². The van der Waals surface area contributed by atoms with Gasteiger partial charge in [0.1, 0.15) is 0 Å². The van der Waals surface area contributed by atoms with Crippen LogP contribution >= 0.6 is 0 Å². The zero-order valence-electron chi connectivity index (χ0n) is 13.7. The minimum Gasteiger partial charge on any atom is -0.0686 e. The summed E-state index contributed by atoms with van der Waals surface area (Å²) in [4.78, 5) is 0. The minimum atomic E-state index is 0.300. The number of benzene rings is 3. The fourth-order valence-corrected chi connectivity index (χ4v) is 3.20. The van der Waals surface area contributed by atoms with E-state index in [1.165, 1.54) is 27.5 Å². The molecule has 0 fully saturated rings. The van der Waals surface area contributed by atoms with Crippen LogP contribution in [0.25, 0.3) is 12.2 Å². The van der Waals surface area contributed by atoms with E-state index in [-0.39, 0.29) is 0 Å². The van der Waals surface area contributed by atoms with Crippen molar-refractivity contribution in [3.8, 4) is 0 Å². The predicted octanol–water partition coefficient (Wildman–Crippen LogP) is 3.71. The predicted molar refractivity (Wildman–Crippen MR) is 104 cm³/mol. The van der Waals surface area contributed by atoms with Crippen LogP contribution in [-0.2, 0) is 0 Å². The lowest BCUT2D eigenvalue weighted by molar-refractivity contribution is 1.50. The van der Waals surface area contributed by atoms with Crippen molar-refractivity contribution in [2.24, 2.45) is 0 Å². The second kappa shape index (κ2) is 7.15. The first-order valence-electron chi connectivity index (χ1n) is 8.34. The smallest absolute Gasteiger partial charge is 0.0686 e. The molecule has 1 heterocycles. The zero-order valence-corrected chi connectivity index (χ0v) is 13.7. The minimum absolute atomic E-state index is 0.300. The van der Waals surface area contributed by atoms with E-state index >= 15 is 0 Å². The van der Waals surface area contributed by atoms with Gasteiger partial charge in [0.05, 0.1) is 0 Å². The highest BCUT2D eigenvalue weighted by molar-refractivity contribution is 6.96.